The highest BCUT2D eigenvalue weighted by atomic mass is 35.5. The Balaban J connectivity index is 3.06. The maximum atomic E-state index is 12.0. The average Bonchev–Trinajstić information content (AvgIpc) is 2.36. The fraction of sp³-hybridized carbons (Fsp3) is 0.400. The number of nitro benzene ring substituents is 1. The minimum atomic E-state index is -3.85. The lowest BCUT2D eigenvalue weighted by molar-refractivity contribution is -0.385. The molecule has 0 spiro atoms. The van der Waals surface area contributed by atoms with Gasteiger partial charge in [-0.05, 0) is 12.3 Å². The fourth-order valence-corrected chi connectivity index (χ4v) is 3.20. The van der Waals surface area contributed by atoms with Crippen LogP contribution in [0.5, 0.6) is 0 Å². The van der Waals surface area contributed by atoms with Gasteiger partial charge in [0.05, 0.1) is 9.95 Å². The number of non-ortho nitro benzene ring substituents is 1. The van der Waals surface area contributed by atoms with Crippen molar-refractivity contribution in [1.82, 2.24) is 4.72 Å². The zero-order chi connectivity index (χ0) is 14.6. The van der Waals surface area contributed by atoms with Gasteiger partial charge in [-0.1, -0.05) is 18.5 Å². The molecule has 0 radical (unpaired) electrons. The van der Waals surface area contributed by atoms with E-state index in [1.807, 2.05) is 13.2 Å². The van der Waals surface area contributed by atoms with Gasteiger partial charge < -0.3 is 0 Å². The molecule has 0 saturated heterocycles. The maximum absolute atomic E-state index is 12.0. The standard InChI is InChI=1S/C10H13ClN2O4S2/c1-7(18-2)6-12-19(16,17)10-5-8(13(14)15)3-4-9(10)11/h3-5,7,12H,6H2,1-2H3. The normalized spacial score (nSPS) is 13.2. The van der Waals surface area contributed by atoms with Gasteiger partial charge in [0.25, 0.3) is 5.69 Å². The van der Waals surface area contributed by atoms with E-state index < -0.39 is 14.9 Å². The summed E-state index contributed by atoms with van der Waals surface area (Å²) in [4.78, 5) is 9.70. The number of thioether (sulfide) groups is 1. The number of hydrogen-bond donors (Lipinski definition) is 1. The molecule has 19 heavy (non-hydrogen) atoms. The van der Waals surface area contributed by atoms with E-state index in [2.05, 4.69) is 4.72 Å². The van der Waals surface area contributed by atoms with Crippen molar-refractivity contribution in [2.75, 3.05) is 12.8 Å². The van der Waals surface area contributed by atoms with E-state index in [0.29, 0.717) is 0 Å². The molecule has 0 fully saturated rings. The van der Waals surface area contributed by atoms with Crippen molar-refractivity contribution in [2.45, 2.75) is 17.1 Å². The van der Waals surface area contributed by atoms with Crippen molar-refractivity contribution in [2.24, 2.45) is 0 Å². The van der Waals surface area contributed by atoms with E-state index in [-0.39, 0.29) is 27.4 Å². The van der Waals surface area contributed by atoms with Gasteiger partial charge in [0.2, 0.25) is 10.0 Å². The van der Waals surface area contributed by atoms with E-state index >= 15 is 0 Å². The number of benzene rings is 1. The quantitative estimate of drug-likeness (QED) is 0.640. The van der Waals surface area contributed by atoms with Gasteiger partial charge in [0, 0.05) is 23.9 Å². The molecule has 0 bridgehead atoms. The van der Waals surface area contributed by atoms with Gasteiger partial charge >= 0.3 is 0 Å². The summed E-state index contributed by atoms with van der Waals surface area (Å²) in [5.41, 5.74) is -0.317. The number of sulfonamides is 1. The summed E-state index contributed by atoms with van der Waals surface area (Å²) in [5.74, 6) is 0. The first-order valence-electron chi connectivity index (χ1n) is 5.24. The topological polar surface area (TPSA) is 89.3 Å². The molecule has 0 aliphatic heterocycles. The number of rotatable bonds is 6. The largest absolute Gasteiger partial charge is 0.270 e. The lowest BCUT2D eigenvalue weighted by Gasteiger charge is -2.11. The average molecular weight is 325 g/mol. The minimum Gasteiger partial charge on any atom is -0.258 e. The van der Waals surface area contributed by atoms with Crippen LogP contribution in [0.1, 0.15) is 6.92 Å². The number of nitrogens with zero attached hydrogens (tertiary/aromatic N) is 1. The first kappa shape index (κ1) is 16.2. The first-order valence-corrected chi connectivity index (χ1v) is 8.39. The Bertz CT molecular complexity index is 577. The summed E-state index contributed by atoms with van der Waals surface area (Å²) in [5, 5.41) is 10.7. The Hall–Kier alpha value is -0.830. The Labute approximate surface area is 120 Å². The zero-order valence-electron chi connectivity index (χ0n) is 10.3. The predicted molar refractivity (Wildman–Crippen MR) is 76.3 cm³/mol. The molecule has 1 N–H and O–H groups in total. The van der Waals surface area contributed by atoms with Crippen molar-refractivity contribution in [1.29, 1.82) is 0 Å². The third-order valence-corrected chi connectivity index (χ3v) is 5.25. The number of halogens is 1. The second-order valence-corrected chi connectivity index (χ2v) is 7.19. The molecule has 9 heteroatoms. The highest BCUT2D eigenvalue weighted by molar-refractivity contribution is 7.99. The highest BCUT2D eigenvalue weighted by Crippen LogP contribution is 2.26. The van der Waals surface area contributed by atoms with Gasteiger partial charge in [-0.2, -0.15) is 11.8 Å². The SMILES string of the molecule is CSC(C)CNS(=O)(=O)c1cc([N+](=O)[O-])ccc1Cl. The Kier molecular flexibility index (Phi) is 5.60. The Morgan fingerprint density at radius 3 is 2.68 bits per heavy atom. The lowest BCUT2D eigenvalue weighted by Crippen LogP contribution is -2.29. The molecule has 106 valence electrons. The Morgan fingerprint density at radius 2 is 2.16 bits per heavy atom. The monoisotopic (exact) mass is 324 g/mol. The van der Waals surface area contributed by atoms with Crippen LogP contribution < -0.4 is 4.72 Å². The first-order chi connectivity index (χ1) is 8.77. The summed E-state index contributed by atoms with van der Waals surface area (Å²) in [6.45, 7) is 2.09. The van der Waals surface area contributed by atoms with Crippen molar-refractivity contribution in [3.05, 3.63) is 33.3 Å². The van der Waals surface area contributed by atoms with Crippen LogP contribution in [-0.2, 0) is 10.0 Å². The van der Waals surface area contributed by atoms with Crippen molar-refractivity contribution >= 4 is 39.1 Å². The van der Waals surface area contributed by atoms with E-state index in [1.54, 1.807) is 0 Å². The van der Waals surface area contributed by atoms with Crippen LogP contribution in [0, 0.1) is 10.1 Å². The van der Waals surface area contributed by atoms with Crippen LogP contribution >= 0.6 is 23.4 Å². The van der Waals surface area contributed by atoms with Crippen LogP contribution in [0.2, 0.25) is 5.02 Å². The van der Waals surface area contributed by atoms with Crippen LogP contribution in [-0.4, -0.2) is 31.4 Å². The van der Waals surface area contributed by atoms with E-state index in [4.69, 9.17) is 11.6 Å². The summed E-state index contributed by atoms with van der Waals surface area (Å²) in [6.07, 6.45) is 1.86. The van der Waals surface area contributed by atoms with Gasteiger partial charge in [0.15, 0.2) is 0 Å². The molecular formula is C10H13ClN2O4S2. The summed E-state index contributed by atoms with van der Waals surface area (Å²) >= 11 is 7.29. The molecule has 6 nitrogen and oxygen atoms in total. The molecule has 1 unspecified atom stereocenters. The van der Waals surface area contributed by atoms with Crippen LogP contribution in [0.15, 0.2) is 23.1 Å². The lowest BCUT2D eigenvalue weighted by atomic mass is 10.3. The molecule has 1 aromatic carbocycles. The Morgan fingerprint density at radius 1 is 1.53 bits per heavy atom. The number of hydrogen-bond acceptors (Lipinski definition) is 5. The van der Waals surface area contributed by atoms with Crippen molar-refractivity contribution in [3.8, 4) is 0 Å². The zero-order valence-corrected chi connectivity index (χ0v) is 12.7. The van der Waals surface area contributed by atoms with Gasteiger partial charge in [-0.25, -0.2) is 13.1 Å². The molecular weight excluding hydrogens is 312 g/mol. The minimum absolute atomic E-state index is 0.0464. The van der Waals surface area contributed by atoms with Crippen LogP contribution in [0.25, 0.3) is 0 Å². The molecule has 1 atom stereocenters. The van der Waals surface area contributed by atoms with Crippen LogP contribution in [0.4, 0.5) is 5.69 Å². The fourth-order valence-electron chi connectivity index (χ4n) is 1.20. The third kappa shape index (κ3) is 4.34. The van der Waals surface area contributed by atoms with Gasteiger partial charge in [-0.15, -0.1) is 0 Å². The van der Waals surface area contributed by atoms with E-state index in [0.717, 1.165) is 12.1 Å². The molecule has 0 aromatic heterocycles. The molecule has 0 heterocycles. The third-order valence-electron chi connectivity index (χ3n) is 2.38. The maximum Gasteiger partial charge on any atom is 0.270 e. The van der Waals surface area contributed by atoms with E-state index in [1.165, 1.54) is 17.8 Å². The predicted octanol–water partition coefficient (Wildman–Crippen LogP) is 2.28. The molecule has 0 saturated carbocycles. The second kappa shape index (κ2) is 6.56. The summed E-state index contributed by atoms with van der Waals surface area (Å²) in [7, 11) is -3.85. The smallest absolute Gasteiger partial charge is 0.258 e. The highest BCUT2D eigenvalue weighted by Gasteiger charge is 2.21. The van der Waals surface area contributed by atoms with Gasteiger partial charge in [-0.3, -0.25) is 10.1 Å². The molecule has 1 aromatic rings. The molecule has 0 amide bonds. The molecule has 0 aliphatic rings. The molecule has 1 rings (SSSR count). The van der Waals surface area contributed by atoms with E-state index in [9.17, 15) is 18.5 Å². The summed E-state index contributed by atoms with van der Waals surface area (Å²) in [6, 6.07) is 3.31. The van der Waals surface area contributed by atoms with Crippen LogP contribution in [0.3, 0.4) is 0 Å². The van der Waals surface area contributed by atoms with Crippen molar-refractivity contribution in [3.63, 3.8) is 0 Å². The molecule has 0 aliphatic carbocycles. The second-order valence-electron chi connectivity index (χ2n) is 3.77. The number of nitro groups is 1. The summed E-state index contributed by atoms with van der Waals surface area (Å²) < 4.78 is 26.4. The van der Waals surface area contributed by atoms with Crippen molar-refractivity contribution < 1.29 is 13.3 Å². The van der Waals surface area contributed by atoms with Gasteiger partial charge in [0.1, 0.15) is 4.90 Å². The number of nitrogens with one attached hydrogen (secondary N) is 1.